The van der Waals surface area contributed by atoms with Crippen molar-refractivity contribution >= 4 is 26.7 Å². The van der Waals surface area contributed by atoms with E-state index in [9.17, 15) is 13.2 Å². The van der Waals surface area contributed by atoms with Gasteiger partial charge in [-0.25, -0.2) is 8.42 Å². The van der Waals surface area contributed by atoms with Gasteiger partial charge >= 0.3 is 0 Å². The zero-order valence-electron chi connectivity index (χ0n) is 18.6. The molecule has 7 nitrogen and oxygen atoms in total. The summed E-state index contributed by atoms with van der Waals surface area (Å²) in [6.45, 7) is 2.74. The third-order valence-electron chi connectivity index (χ3n) is 5.98. The Kier molecular flexibility index (Phi) is 6.36. The van der Waals surface area contributed by atoms with Gasteiger partial charge in [-0.2, -0.15) is 9.57 Å². The third kappa shape index (κ3) is 4.42. The molecule has 0 unspecified atom stereocenters. The SMILES string of the molecule is CCN([C@H]1CCN(Cc2cccc(C#N)c2)C1=O)S(=O)(=O)c1ccc2ccc(OC)cc2c1. The van der Waals surface area contributed by atoms with E-state index < -0.39 is 16.1 Å². The van der Waals surface area contributed by atoms with Gasteiger partial charge < -0.3 is 9.64 Å². The number of hydrogen-bond donors (Lipinski definition) is 0. The molecule has 0 spiro atoms. The van der Waals surface area contributed by atoms with Gasteiger partial charge in [0.05, 0.1) is 23.6 Å². The lowest BCUT2D eigenvalue weighted by molar-refractivity contribution is -0.131. The molecule has 1 heterocycles. The molecule has 0 radical (unpaired) electrons. The van der Waals surface area contributed by atoms with Gasteiger partial charge in [-0.05, 0) is 59.2 Å². The summed E-state index contributed by atoms with van der Waals surface area (Å²) in [5, 5.41) is 10.8. The molecule has 3 aromatic carbocycles. The van der Waals surface area contributed by atoms with Crippen LogP contribution in [0.5, 0.6) is 5.75 Å². The van der Waals surface area contributed by atoms with E-state index in [4.69, 9.17) is 10.00 Å². The zero-order valence-corrected chi connectivity index (χ0v) is 19.4. The fraction of sp³-hybridized carbons (Fsp3) is 0.280. The molecule has 8 heteroatoms. The summed E-state index contributed by atoms with van der Waals surface area (Å²) >= 11 is 0. The first-order valence-electron chi connectivity index (χ1n) is 10.7. The van der Waals surface area contributed by atoms with Crippen molar-refractivity contribution in [2.45, 2.75) is 30.8 Å². The number of methoxy groups -OCH3 is 1. The van der Waals surface area contributed by atoms with Crippen molar-refractivity contribution in [1.82, 2.24) is 9.21 Å². The molecule has 1 aliphatic rings. The van der Waals surface area contributed by atoms with Crippen LogP contribution in [0.25, 0.3) is 10.8 Å². The molecule has 1 atom stereocenters. The van der Waals surface area contributed by atoms with Gasteiger partial charge in [0, 0.05) is 19.6 Å². The summed E-state index contributed by atoms with van der Waals surface area (Å²) in [5.74, 6) is 0.428. The van der Waals surface area contributed by atoms with Crippen LogP contribution in [0.2, 0.25) is 0 Å². The topological polar surface area (TPSA) is 90.7 Å². The van der Waals surface area contributed by atoms with Crippen molar-refractivity contribution in [3.05, 3.63) is 71.8 Å². The van der Waals surface area contributed by atoms with Gasteiger partial charge in [0.1, 0.15) is 11.8 Å². The molecule has 4 rings (SSSR count). The highest BCUT2D eigenvalue weighted by molar-refractivity contribution is 7.89. The van der Waals surface area contributed by atoms with Gasteiger partial charge in [-0.3, -0.25) is 4.79 Å². The predicted octanol–water partition coefficient (Wildman–Crippen LogP) is 3.53. The van der Waals surface area contributed by atoms with Crippen LogP contribution in [-0.4, -0.2) is 49.8 Å². The standard InChI is InChI=1S/C25H25N3O4S/c1-3-28(24-11-12-27(25(24)29)17-19-6-4-5-18(13-19)16-26)33(30,31)23-10-8-20-7-9-22(32-2)14-21(20)15-23/h4-10,13-15,24H,3,11-12,17H2,1-2H3/t24-/m0/s1. The Labute approximate surface area is 193 Å². The Morgan fingerprint density at radius 3 is 2.64 bits per heavy atom. The molecular formula is C25H25N3O4S. The Bertz CT molecular complexity index is 1350. The average molecular weight is 464 g/mol. The van der Waals surface area contributed by atoms with Crippen LogP contribution in [-0.2, 0) is 21.4 Å². The summed E-state index contributed by atoms with van der Waals surface area (Å²) in [4.78, 5) is 15.0. The number of nitrogens with zero attached hydrogens (tertiary/aromatic N) is 3. The first-order valence-corrected chi connectivity index (χ1v) is 12.2. The normalized spacial score (nSPS) is 16.4. The lowest BCUT2D eigenvalue weighted by atomic mass is 10.1. The van der Waals surface area contributed by atoms with Crippen molar-refractivity contribution in [2.75, 3.05) is 20.2 Å². The monoisotopic (exact) mass is 463 g/mol. The van der Waals surface area contributed by atoms with Crippen molar-refractivity contribution in [3.63, 3.8) is 0 Å². The van der Waals surface area contributed by atoms with Gasteiger partial charge in [0.15, 0.2) is 0 Å². The maximum absolute atomic E-state index is 13.5. The minimum atomic E-state index is -3.88. The summed E-state index contributed by atoms with van der Waals surface area (Å²) in [5.41, 5.74) is 1.37. The van der Waals surface area contributed by atoms with E-state index in [0.717, 1.165) is 16.3 Å². The van der Waals surface area contributed by atoms with E-state index in [1.807, 2.05) is 18.2 Å². The maximum Gasteiger partial charge on any atom is 0.243 e. The number of likely N-dealkylation sites (N-methyl/N-ethyl adjacent to an activating group) is 1. The summed E-state index contributed by atoms with van der Waals surface area (Å²) in [7, 11) is -2.32. The molecular weight excluding hydrogens is 438 g/mol. The van der Waals surface area contributed by atoms with Crippen molar-refractivity contribution in [2.24, 2.45) is 0 Å². The molecule has 1 saturated heterocycles. The molecule has 0 aliphatic carbocycles. The zero-order chi connectivity index (χ0) is 23.6. The first kappa shape index (κ1) is 22.8. The second kappa shape index (κ2) is 9.22. The highest BCUT2D eigenvalue weighted by Crippen LogP contribution is 2.29. The Morgan fingerprint density at radius 1 is 1.12 bits per heavy atom. The van der Waals surface area contributed by atoms with Crippen LogP contribution >= 0.6 is 0 Å². The number of carbonyl (C=O) groups excluding carboxylic acids is 1. The van der Waals surface area contributed by atoms with Crippen molar-refractivity contribution in [3.8, 4) is 11.8 Å². The predicted molar refractivity (Wildman–Crippen MR) is 125 cm³/mol. The van der Waals surface area contributed by atoms with Crippen LogP contribution in [0.4, 0.5) is 0 Å². The smallest absolute Gasteiger partial charge is 0.243 e. The Hall–Kier alpha value is -3.41. The molecule has 1 fully saturated rings. The third-order valence-corrected chi connectivity index (χ3v) is 7.96. The Balaban J connectivity index is 1.59. The van der Waals surface area contributed by atoms with Gasteiger partial charge in [-0.1, -0.05) is 31.2 Å². The van der Waals surface area contributed by atoms with Crippen LogP contribution < -0.4 is 4.74 Å². The van der Waals surface area contributed by atoms with Gasteiger partial charge in [0.25, 0.3) is 0 Å². The van der Waals surface area contributed by atoms with Crippen LogP contribution in [0.15, 0.2) is 65.6 Å². The number of amides is 1. The number of rotatable bonds is 7. The molecule has 33 heavy (non-hydrogen) atoms. The molecule has 1 amide bonds. The molecule has 0 saturated carbocycles. The number of fused-ring (bicyclic) bond motifs is 1. The van der Waals surface area contributed by atoms with Crippen LogP contribution in [0.1, 0.15) is 24.5 Å². The summed E-state index contributed by atoms with van der Waals surface area (Å²) in [6.07, 6.45) is 0.422. The molecule has 3 aromatic rings. The van der Waals surface area contributed by atoms with Gasteiger partial charge in [0.2, 0.25) is 15.9 Å². The number of hydrogen-bond acceptors (Lipinski definition) is 5. The van der Waals surface area contributed by atoms with E-state index >= 15 is 0 Å². The number of ether oxygens (including phenoxy) is 1. The number of likely N-dealkylation sites (tertiary alicyclic amines) is 1. The molecule has 0 aromatic heterocycles. The second-order valence-corrected chi connectivity index (χ2v) is 9.85. The molecule has 0 bridgehead atoms. The first-order chi connectivity index (χ1) is 15.9. The highest BCUT2D eigenvalue weighted by atomic mass is 32.2. The largest absolute Gasteiger partial charge is 0.497 e. The van der Waals surface area contributed by atoms with Crippen LogP contribution in [0, 0.1) is 11.3 Å². The molecule has 0 N–H and O–H groups in total. The number of benzene rings is 3. The molecule has 1 aliphatic heterocycles. The second-order valence-electron chi connectivity index (χ2n) is 7.96. The van der Waals surface area contributed by atoms with Crippen molar-refractivity contribution < 1.29 is 17.9 Å². The fourth-order valence-electron chi connectivity index (χ4n) is 4.29. The molecule has 170 valence electrons. The van der Waals surface area contributed by atoms with Crippen LogP contribution in [0.3, 0.4) is 0 Å². The minimum Gasteiger partial charge on any atom is -0.497 e. The van der Waals surface area contributed by atoms with E-state index in [1.54, 1.807) is 61.4 Å². The summed E-state index contributed by atoms with van der Waals surface area (Å²) in [6, 6.07) is 18.9. The minimum absolute atomic E-state index is 0.151. The van der Waals surface area contributed by atoms with E-state index in [2.05, 4.69) is 6.07 Å². The van der Waals surface area contributed by atoms with E-state index in [-0.39, 0.29) is 17.3 Å². The van der Waals surface area contributed by atoms with Gasteiger partial charge in [-0.15, -0.1) is 0 Å². The quantitative estimate of drug-likeness (QED) is 0.535. The maximum atomic E-state index is 13.5. The number of sulfonamides is 1. The number of carbonyl (C=O) groups is 1. The average Bonchev–Trinajstić information content (AvgIpc) is 3.18. The summed E-state index contributed by atoms with van der Waals surface area (Å²) < 4.78 is 33.6. The highest BCUT2D eigenvalue weighted by Gasteiger charge is 2.41. The number of nitriles is 1. The van der Waals surface area contributed by atoms with E-state index in [0.29, 0.717) is 30.8 Å². The Morgan fingerprint density at radius 2 is 1.91 bits per heavy atom. The van der Waals surface area contributed by atoms with E-state index in [1.165, 1.54) is 4.31 Å². The fourth-order valence-corrected chi connectivity index (χ4v) is 5.95. The lowest BCUT2D eigenvalue weighted by Gasteiger charge is -2.26. The lowest BCUT2D eigenvalue weighted by Crippen LogP contribution is -2.45. The van der Waals surface area contributed by atoms with Crippen molar-refractivity contribution in [1.29, 1.82) is 5.26 Å².